The van der Waals surface area contributed by atoms with Crippen molar-refractivity contribution < 1.29 is 9.21 Å². The van der Waals surface area contributed by atoms with Crippen molar-refractivity contribution in [2.75, 3.05) is 31.6 Å². The number of furan rings is 1. The topological polar surface area (TPSA) is 45.5 Å². The third kappa shape index (κ3) is 4.78. The molecule has 0 aromatic carbocycles. The molecule has 1 fully saturated rings. The van der Waals surface area contributed by atoms with Crippen LogP contribution in [0.1, 0.15) is 55.0 Å². The summed E-state index contributed by atoms with van der Waals surface area (Å²) in [4.78, 5) is 14.4. The first kappa shape index (κ1) is 16.4. The van der Waals surface area contributed by atoms with Crippen LogP contribution in [-0.4, -0.2) is 42.4 Å². The van der Waals surface area contributed by atoms with E-state index in [1.165, 1.54) is 19.3 Å². The van der Waals surface area contributed by atoms with Crippen molar-refractivity contribution in [3.05, 3.63) is 23.7 Å². The van der Waals surface area contributed by atoms with Crippen LogP contribution in [0.5, 0.6) is 0 Å². The molecule has 0 saturated carbocycles. The minimum atomic E-state index is -0.104. The minimum Gasteiger partial charge on any atom is -0.454 e. The normalized spacial score (nSPS) is 17.6. The second-order valence-corrected chi connectivity index (χ2v) is 6.56. The third-order valence-electron chi connectivity index (χ3n) is 4.01. The standard InChI is InChI=1S/C16H26N2O2S/c1-13(18-10-4-3-5-11-18)14-7-8-15(20-14)16(19)17-9-6-12-21-2/h7-8,13H,3-6,9-12H2,1-2H3,(H,17,19)/t13-/m1/s1. The minimum absolute atomic E-state index is 0.104. The summed E-state index contributed by atoms with van der Waals surface area (Å²) < 4.78 is 5.76. The lowest BCUT2D eigenvalue weighted by molar-refractivity contribution is 0.0917. The highest BCUT2D eigenvalue weighted by atomic mass is 32.2. The van der Waals surface area contributed by atoms with Gasteiger partial charge in [0.15, 0.2) is 5.76 Å². The van der Waals surface area contributed by atoms with E-state index in [-0.39, 0.29) is 11.9 Å². The number of likely N-dealkylation sites (tertiary alicyclic amines) is 1. The highest BCUT2D eigenvalue weighted by Gasteiger charge is 2.21. The maximum atomic E-state index is 12.0. The van der Waals surface area contributed by atoms with E-state index < -0.39 is 0 Å². The summed E-state index contributed by atoms with van der Waals surface area (Å²) in [7, 11) is 0. The van der Waals surface area contributed by atoms with Crippen LogP contribution in [0.25, 0.3) is 0 Å². The number of nitrogens with one attached hydrogen (secondary N) is 1. The van der Waals surface area contributed by atoms with Crippen LogP contribution in [0, 0.1) is 0 Å². The van der Waals surface area contributed by atoms with E-state index in [2.05, 4.69) is 23.4 Å². The van der Waals surface area contributed by atoms with Crippen LogP contribution in [0.3, 0.4) is 0 Å². The van der Waals surface area contributed by atoms with Crippen LogP contribution < -0.4 is 5.32 Å². The van der Waals surface area contributed by atoms with Gasteiger partial charge in [-0.2, -0.15) is 11.8 Å². The van der Waals surface area contributed by atoms with Gasteiger partial charge in [-0.05, 0) is 63.4 Å². The zero-order chi connectivity index (χ0) is 15.1. The number of hydrogen-bond donors (Lipinski definition) is 1. The number of carbonyl (C=O) groups excluding carboxylic acids is 1. The third-order valence-corrected chi connectivity index (χ3v) is 4.71. The van der Waals surface area contributed by atoms with Gasteiger partial charge in [0.05, 0.1) is 6.04 Å². The highest BCUT2D eigenvalue weighted by molar-refractivity contribution is 7.98. The van der Waals surface area contributed by atoms with Gasteiger partial charge in [0.2, 0.25) is 0 Å². The van der Waals surface area contributed by atoms with Gasteiger partial charge in [-0.1, -0.05) is 6.42 Å². The Kier molecular flexibility index (Phi) is 6.64. The van der Waals surface area contributed by atoms with E-state index in [4.69, 9.17) is 4.42 Å². The van der Waals surface area contributed by atoms with Gasteiger partial charge in [0, 0.05) is 6.54 Å². The molecule has 1 N–H and O–H groups in total. The van der Waals surface area contributed by atoms with Gasteiger partial charge < -0.3 is 9.73 Å². The molecule has 1 atom stereocenters. The molecule has 1 amide bonds. The number of piperidine rings is 1. The second-order valence-electron chi connectivity index (χ2n) is 5.58. The van der Waals surface area contributed by atoms with E-state index in [1.54, 1.807) is 17.8 Å². The van der Waals surface area contributed by atoms with Gasteiger partial charge in [-0.15, -0.1) is 0 Å². The summed E-state index contributed by atoms with van der Waals surface area (Å²) in [6.45, 7) is 5.11. The van der Waals surface area contributed by atoms with Crippen molar-refractivity contribution in [2.45, 2.75) is 38.6 Å². The van der Waals surface area contributed by atoms with E-state index in [0.717, 1.165) is 31.0 Å². The monoisotopic (exact) mass is 310 g/mol. The molecular weight excluding hydrogens is 284 g/mol. The number of nitrogens with zero attached hydrogens (tertiary/aromatic N) is 1. The molecule has 0 radical (unpaired) electrons. The molecule has 5 heteroatoms. The largest absolute Gasteiger partial charge is 0.454 e. The van der Waals surface area contributed by atoms with E-state index in [1.807, 2.05) is 6.07 Å². The number of thioether (sulfide) groups is 1. The zero-order valence-electron chi connectivity index (χ0n) is 13.1. The van der Waals surface area contributed by atoms with Gasteiger partial charge >= 0.3 is 0 Å². The molecule has 2 rings (SSSR count). The molecule has 1 saturated heterocycles. The molecule has 2 heterocycles. The van der Waals surface area contributed by atoms with Crippen molar-refractivity contribution in [3.63, 3.8) is 0 Å². The summed E-state index contributed by atoms with van der Waals surface area (Å²) >= 11 is 1.79. The van der Waals surface area contributed by atoms with Gasteiger partial charge in [-0.25, -0.2) is 0 Å². The number of rotatable bonds is 7. The first-order chi connectivity index (χ1) is 10.2. The average molecular weight is 310 g/mol. The Morgan fingerprint density at radius 3 is 2.86 bits per heavy atom. The molecule has 21 heavy (non-hydrogen) atoms. The van der Waals surface area contributed by atoms with Crippen LogP contribution in [-0.2, 0) is 0 Å². The second kappa shape index (κ2) is 8.49. The van der Waals surface area contributed by atoms with Gasteiger partial charge in [0.25, 0.3) is 5.91 Å². The molecular formula is C16H26N2O2S. The van der Waals surface area contributed by atoms with Crippen molar-refractivity contribution in [2.24, 2.45) is 0 Å². The van der Waals surface area contributed by atoms with Crippen molar-refractivity contribution in [1.82, 2.24) is 10.2 Å². The van der Waals surface area contributed by atoms with E-state index in [9.17, 15) is 4.79 Å². The fourth-order valence-electron chi connectivity index (χ4n) is 2.69. The quantitative estimate of drug-likeness (QED) is 0.785. The molecule has 1 aliphatic heterocycles. The number of hydrogen-bond acceptors (Lipinski definition) is 4. The zero-order valence-corrected chi connectivity index (χ0v) is 13.9. The maximum Gasteiger partial charge on any atom is 0.286 e. The van der Waals surface area contributed by atoms with Crippen LogP contribution in [0.2, 0.25) is 0 Å². The molecule has 0 bridgehead atoms. The van der Waals surface area contributed by atoms with E-state index in [0.29, 0.717) is 12.3 Å². The molecule has 4 nitrogen and oxygen atoms in total. The van der Waals surface area contributed by atoms with Crippen molar-refractivity contribution in [1.29, 1.82) is 0 Å². The highest BCUT2D eigenvalue weighted by Crippen LogP contribution is 2.25. The van der Waals surface area contributed by atoms with Gasteiger partial charge in [0.1, 0.15) is 5.76 Å². The number of amides is 1. The molecule has 0 spiro atoms. The Labute approximate surface area is 131 Å². The van der Waals surface area contributed by atoms with Crippen LogP contribution in [0.4, 0.5) is 0 Å². The van der Waals surface area contributed by atoms with E-state index >= 15 is 0 Å². The fraction of sp³-hybridized carbons (Fsp3) is 0.688. The summed E-state index contributed by atoms with van der Waals surface area (Å²) in [5.41, 5.74) is 0. The molecule has 1 aliphatic rings. The summed E-state index contributed by atoms with van der Waals surface area (Å²) in [6, 6.07) is 3.99. The maximum absolute atomic E-state index is 12.0. The Morgan fingerprint density at radius 2 is 2.14 bits per heavy atom. The summed E-state index contributed by atoms with van der Waals surface area (Å²) in [5.74, 6) is 2.28. The molecule has 0 aliphatic carbocycles. The summed E-state index contributed by atoms with van der Waals surface area (Å²) in [6.07, 6.45) is 6.90. The number of carbonyl (C=O) groups is 1. The first-order valence-corrected chi connectivity index (χ1v) is 9.22. The Balaban J connectivity index is 1.86. The smallest absolute Gasteiger partial charge is 0.286 e. The molecule has 118 valence electrons. The lowest BCUT2D eigenvalue weighted by Crippen LogP contribution is -2.32. The van der Waals surface area contributed by atoms with Crippen LogP contribution >= 0.6 is 11.8 Å². The lowest BCUT2D eigenvalue weighted by atomic mass is 10.1. The van der Waals surface area contributed by atoms with Crippen molar-refractivity contribution >= 4 is 17.7 Å². The van der Waals surface area contributed by atoms with Crippen molar-refractivity contribution in [3.8, 4) is 0 Å². The fourth-order valence-corrected chi connectivity index (χ4v) is 3.12. The Hall–Kier alpha value is -0.940. The first-order valence-electron chi connectivity index (χ1n) is 7.83. The van der Waals surface area contributed by atoms with Gasteiger partial charge in [-0.3, -0.25) is 9.69 Å². The van der Waals surface area contributed by atoms with Crippen LogP contribution in [0.15, 0.2) is 16.5 Å². The molecule has 1 aromatic rings. The molecule has 0 unspecified atom stereocenters. The molecule has 1 aromatic heterocycles. The summed E-state index contributed by atoms with van der Waals surface area (Å²) in [5, 5.41) is 2.91. The average Bonchev–Trinajstić information content (AvgIpc) is 3.01. The lowest BCUT2D eigenvalue weighted by Gasteiger charge is -2.31. The Morgan fingerprint density at radius 1 is 1.38 bits per heavy atom. The predicted octanol–water partition coefficient (Wildman–Crippen LogP) is 3.31. The SMILES string of the molecule is CSCCCNC(=O)c1ccc([C@@H](C)N2CCCCC2)o1. The predicted molar refractivity (Wildman–Crippen MR) is 87.9 cm³/mol. The Bertz CT molecular complexity index is 441.